The molecule has 6 nitrogen and oxygen atoms in total. The molecule has 0 spiro atoms. The number of halogens is 1. The van der Waals surface area contributed by atoms with Crippen LogP contribution >= 0.6 is 15.9 Å². The normalized spacial score (nSPS) is 27.0. The van der Waals surface area contributed by atoms with E-state index >= 15 is 0 Å². The topological polar surface area (TPSA) is 79.6 Å². The van der Waals surface area contributed by atoms with Gasteiger partial charge in [0.25, 0.3) is 5.56 Å². The van der Waals surface area contributed by atoms with E-state index in [1.54, 1.807) is 17.2 Å². The van der Waals surface area contributed by atoms with Crippen molar-refractivity contribution in [3.05, 3.63) is 33.2 Å². The maximum absolute atomic E-state index is 12.4. The summed E-state index contributed by atoms with van der Waals surface area (Å²) in [6, 6.07) is 3.03. The van der Waals surface area contributed by atoms with Crippen LogP contribution in [0.4, 0.5) is 0 Å². The van der Waals surface area contributed by atoms with Gasteiger partial charge in [-0.3, -0.25) is 14.4 Å². The Morgan fingerprint density at radius 3 is 2.86 bits per heavy atom. The number of rotatable bonds is 3. The number of carboxylic acids is 1. The fourth-order valence-electron chi connectivity index (χ4n) is 3.70. The standard InChI is InChI=1S/C15H17BrN2O4/c16-11-3-4-12(19)17(7-11)8-13(20)18-6-10-2-1-5-15(10,9-18)14(21)22/h3-4,7,10H,1-2,5-6,8-9H2,(H,21,22)/t10-,15+/m0/s1. The van der Waals surface area contributed by atoms with Crippen molar-refractivity contribution in [3.8, 4) is 0 Å². The number of hydrogen-bond acceptors (Lipinski definition) is 3. The van der Waals surface area contributed by atoms with Crippen molar-refractivity contribution in [1.82, 2.24) is 9.47 Å². The van der Waals surface area contributed by atoms with Crippen LogP contribution in [-0.2, 0) is 16.1 Å². The Balaban J connectivity index is 1.76. The minimum atomic E-state index is -0.801. The molecule has 1 amide bonds. The average Bonchev–Trinajstić information content (AvgIpc) is 3.00. The third-order valence-corrected chi connectivity index (χ3v) is 5.37. The van der Waals surface area contributed by atoms with Crippen LogP contribution in [0.25, 0.3) is 0 Å². The second-order valence-corrected chi connectivity index (χ2v) is 7.05. The zero-order valence-electron chi connectivity index (χ0n) is 12.0. The Morgan fingerprint density at radius 1 is 1.41 bits per heavy atom. The number of pyridine rings is 1. The molecule has 118 valence electrons. The summed E-state index contributed by atoms with van der Waals surface area (Å²) in [6.45, 7) is 0.684. The Labute approximate surface area is 135 Å². The van der Waals surface area contributed by atoms with Crippen LogP contribution in [0, 0.1) is 11.3 Å². The van der Waals surface area contributed by atoms with Crippen molar-refractivity contribution in [2.75, 3.05) is 13.1 Å². The maximum atomic E-state index is 12.4. The molecule has 1 N–H and O–H groups in total. The number of amides is 1. The van der Waals surface area contributed by atoms with E-state index in [0.29, 0.717) is 13.0 Å². The summed E-state index contributed by atoms with van der Waals surface area (Å²) in [5, 5.41) is 9.54. The highest BCUT2D eigenvalue weighted by atomic mass is 79.9. The highest BCUT2D eigenvalue weighted by Gasteiger charge is 2.55. The Kier molecular flexibility index (Phi) is 3.84. The van der Waals surface area contributed by atoms with E-state index in [0.717, 1.165) is 17.3 Å². The van der Waals surface area contributed by atoms with Gasteiger partial charge in [0, 0.05) is 29.8 Å². The van der Waals surface area contributed by atoms with Crippen molar-refractivity contribution in [1.29, 1.82) is 0 Å². The van der Waals surface area contributed by atoms with E-state index in [4.69, 9.17) is 0 Å². The predicted molar refractivity (Wildman–Crippen MR) is 82.4 cm³/mol. The van der Waals surface area contributed by atoms with E-state index in [1.165, 1.54) is 10.6 Å². The molecule has 1 saturated carbocycles. The largest absolute Gasteiger partial charge is 0.481 e. The van der Waals surface area contributed by atoms with Crippen molar-refractivity contribution in [3.63, 3.8) is 0 Å². The Bertz CT molecular complexity index is 686. The van der Waals surface area contributed by atoms with Crippen LogP contribution in [-0.4, -0.2) is 39.5 Å². The van der Waals surface area contributed by atoms with Gasteiger partial charge in [-0.15, -0.1) is 0 Å². The van der Waals surface area contributed by atoms with Crippen LogP contribution < -0.4 is 5.56 Å². The summed E-state index contributed by atoms with van der Waals surface area (Å²) in [4.78, 5) is 37.4. The van der Waals surface area contributed by atoms with Crippen LogP contribution in [0.3, 0.4) is 0 Å². The zero-order valence-corrected chi connectivity index (χ0v) is 13.6. The van der Waals surface area contributed by atoms with Gasteiger partial charge >= 0.3 is 5.97 Å². The fraction of sp³-hybridized carbons (Fsp3) is 0.533. The molecule has 1 saturated heterocycles. The van der Waals surface area contributed by atoms with Crippen LogP contribution in [0.2, 0.25) is 0 Å². The molecule has 7 heteroatoms. The summed E-state index contributed by atoms with van der Waals surface area (Å²) in [5.74, 6) is -0.965. The van der Waals surface area contributed by atoms with Gasteiger partial charge in [0.2, 0.25) is 5.91 Å². The summed E-state index contributed by atoms with van der Waals surface area (Å²) >= 11 is 3.27. The smallest absolute Gasteiger partial charge is 0.311 e. The van der Waals surface area contributed by atoms with Crippen molar-refractivity contribution >= 4 is 27.8 Å². The number of nitrogens with zero attached hydrogens (tertiary/aromatic N) is 2. The fourth-order valence-corrected chi connectivity index (χ4v) is 4.08. The van der Waals surface area contributed by atoms with E-state index < -0.39 is 11.4 Å². The number of carboxylic acid groups (broad SMARTS) is 1. The van der Waals surface area contributed by atoms with Crippen molar-refractivity contribution in [2.24, 2.45) is 11.3 Å². The van der Waals surface area contributed by atoms with Gasteiger partial charge in [-0.25, -0.2) is 0 Å². The molecule has 2 atom stereocenters. The number of fused-ring (bicyclic) bond motifs is 1. The van der Waals surface area contributed by atoms with E-state index in [1.807, 2.05) is 0 Å². The van der Waals surface area contributed by atoms with Crippen LogP contribution in [0.5, 0.6) is 0 Å². The van der Waals surface area contributed by atoms with E-state index in [2.05, 4.69) is 15.9 Å². The minimum absolute atomic E-state index is 0.0354. The second-order valence-electron chi connectivity index (χ2n) is 6.14. The molecule has 1 aliphatic carbocycles. The maximum Gasteiger partial charge on any atom is 0.311 e. The minimum Gasteiger partial charge on any atom is -0.481 e. The third kappa shape index (κ3) is 2.47. The molecule has 1 aliphatic heterocycles. The van der Waals surface area contributed by atoms with Crippen molar-refractivity contribution in [2.45, 2.75) is 25.8 Å². The summed E-state index contributed by atoms with van der Waals surface area (Å²) in [5.41, 5.74) is -1.03. The molecule has 1 aromatic heterocycles. The number of hydrogen-bond donors (Lipinski definition) is 1. The van der Waals surface area contributed by atoms with Crippen molar-refractivity contribution < 1.29 is 14.7 Å². The number of carbonyl (C=O) groups excluding carboxylic acids is 1. The molecule has 3 rings (SSSR count). The first-order valence-corrected chi connectivity index (χ1v) is 8.09. The third-order valence-electron chi connectivity index (χ3n) is 4.90. The first-order chi connectivity index (χ1) is 10.4. The lowest BCUT2D eigenvalue weighted by Gasteiger charge is -2.23. The SMILES string of the molecule is O=C(Cn1cc(Br)ccc1=O)N1C[C@@H]2CCC[C@@]2(C(=O)O)C1. The van der Waals surface area contributed by atoms with Gasteiger partial charge in [-0.2, -0.15) is 0 Å². The Morgan fingerprint density at radius 2 is 2.18 bits per heavy atom. The molecule has 0 unspecified atom stereocenters. The summed E-state index contributed by atoms with van der Waals surface area (Å²) < 4.78 is 2.06. The molecule has 2 heterocycles. The van der Waals surface area contributed by atoms with Gasteiger partial charge in [0.1, 0.15) is 6.54 Å². The van der Waals surface area contributed by atoms with Gasteiger partial charge in [0.05, 0.1) is 5.41 Å². The summed E-state index contributed by atoms with van der Waals surface area (Å²) in [7, 11) is 0. The van der Waals surface area contributed by atoms with Crippen LogP contribution in [0.1, 0.15) is 19.3 Å². The first-order valence-electron chi connectivity index (χ1n) is 7.29. The van der Waals surface area contributed by atoms with Gasteiger partial charge < -0.3 is 14.6 Å². The molecule has 0 radical (unpaired) electrons. The number of aromatic nitrogens is 1. The second kappa shape index (κ2) is 5.53. The molecular weight excluding hydrogens is 352 g/mol. The number of aliphatic carboxylic acids is 1. The first kappa shape index (κ1) is 15.3. The van der Waals surface area contributed by atoms with Gasteiger partial charge in [-0.1, -0.05) is 6.42 Å². The molecular formula is C15H17BrN2O4. The van der Waals surface area contributed by atoms with E-state index in [9.17, 15) is 19.5 Å². The average molecular weight is 369 g/mol. The molecule has 0 bridgehead atoms. The molecule has 1 aromatic rings. The number of likely N-dealkylation sites (tertiary alicyclic amines) is 1. The zero-order chi connectivity index (χ0) is 15.9. The molecule has 0 aromatic carbocycles. The Hall–Kier alpha value is -1.63. The summed E-state index contributed by atoms with van der Waals surface area (Å²) in [6.07, 6.45) is 3.97. The highest BCUT2D eigenvalue weighted by Crippen LogP contribution is 2.48. The van der Waals surface area contributed by atoms with Gasteiger partial charge in [0.15, 0.2) is 0 Å². The quantitative estimate of drug-likeness (QED) is 0.872. The number of carbonyl (C=O) groups is 2. The highest BCUT2D eigenvalue weighted by molar-refractivity contribution is 9.10. The monoisotopic (exact) mass is 368 g/mol. The molecule has 2 fully saturated rings. The lowest BCUT2D eigenvalue weighted by molar-refractivity contribution is -0.149. The van der Waals surface area contributed by atoms with Crippen LogP contribution in [0.15, 0.2) is 27.6 Å². The predicted octanol–water partition coefficient (Wildman–Crippen LogP) is 1.32. The lowest BCUT2D eigenvalue weighted by Crippen LogP contribution is -2.39. The molecule has 22 heavy (non-hydrogen) atoms. The molecule has 2 aliphatic rings. The lowest BCUT2D eigenvalue weighted by atomic mass is 9.81. The van der Waals surface area contributed by atoms with Gasteiger partial charge in [-0.05, 0) is 40.8 Å². The van der Waals surface area contributed by atoms with E-state index in [-0.39, 0.29) is 30.5 Å².